The number of aromatic nitrogens is 2. The molecule has 0 aliphatic carbocycles. The molecule has 0 saturated carbocycles. The lowest BCUT2D eigenvalue weighted by Crippen LogP contribution is -2.38. The Labute approximate surface area is 206 Å². The number of rotatable bonds is 9. The van der Waals surface area contributed by atoms with E-state index in [1.165, 1.54) is 13.1 Å². The Kier molecular flexibility index (Phi) is 7.51. The first kappa shape index (κ1) is 24.8. The number of carbonyl (C=O) groups excluding carboxylic acids is 1. The van der Waals surface area contributed by atoms with Crippen molar-refractivity contribution in [1.29, 1.82) is 0 Å². The van der Waals surface area contributed by atoms with Gasteiger partial charge in [0.2, 0.25) is 5.91 Å². The molecule has 4 rings (SSSR count). The van der Waals surface area contributed by atoms with Crippen LogP contribution in [-0.4, -0.2) is 15.5 Å². The van der Waals surface area contributed by atoms with E-state index in [1.54, 1.807) is 91.0 Å². The molecule has 36 heavy (non-hydrogen) atoms. The number of benzene rings is 3. The van der Waals surface area contributed by atoms with Crippen LogP contribution in [0.2, 0.25) is 0 Å². The molecule has 0 spiro atoms. The summed E-state index contributed by atoms with van der Waals surface area (Å²) in [6, 6.07) is 25.6. The van der Waals surface area contributed by atoms with Gasteiger partial charge in [0.25, 0.3) is 5.56 Å². The number of hydrogen-bond acceptors (Lipinski definition) is 6. The van der Waals surface area contributed by atoms with Gasteiger partial charge in [-0.2, -0.15) is 0 Å². The van der Waals surface area contributed by atoms with Crippen LogP contribution in [0.25, 0.3) is 0 Å². The summed E-state index contributed by atoms with van der Waals surface area (Å²) in [6.45, 7) is 1.10. The van der Waals surface area contributed by atoms with Crippen LogP contribution in [0.5, 0.6) is 11.5 Å². The summed E-state index contributed by atoms with van der Waals surface area (Å²) in [6.07, 6.45) is 1.29. The van der Waals surface area contributed by atoms with Crippen LogP contribution in [0, 0.1) is 6.92 Å². The van der Waals surface area contributed by atoms with Crippen molar-refractivity contribution < 1.29 is 18.4 Å². The summed E-state index contributed by atoms with van der Waals surface area (Å²) in [5, 5.41) is 2.72. The third kappa shape index (κ3) is 6.00. The van der Waals surface area contributed by atoms with Gasteiger partial charge in [-0.3, -0.25) is 19.1 Å². The molecule has 2 N–H and O–H groups in total. The van der Waals surface area contributed by atoms with E-state index in [1.807, 2.05) is 0 Å². The van der Waals surface area contributed by atoms with Gasteiger partial charge < -0.3 is 14.4 Å². The Morgan fingerprint density at radius 3 is 1.92 bits per heavy atom. The molecule has 9 nitrogen and oxygen atoms in total. The molecule has 1 amide bonds. The summed E-state index contributed by atoms with van der Waals surface area (Å²) in [5.41, 5.74) is -0.518. The van der Waals surface area contributed by atoms with Crippen LogP contribution >= 0.6 is 7.60 Å². The van der Waals surface area contributed by atoms with Crippen molar-refractivity contribution in [2.45, 2.75) is 19.3 Å². The number of aryl methyl sites for hydroxylation is 1. The fourth-order valence-corrected chi connectivity index (χ4v) is 5.37. The van der Waals surface area contributed by atoms with Gasteiger partial charge in [0.05, 0.1) is 0 Å². The van der Waals surface area contributed by atoms with Gasteiger partial charge in [-0.1, -0.05) is 66.7 Å². The largest absolute Gasteiger partial charge is 0.457 e. The number of carbonyl (C=O) groups is 1. The van der Waals surface area contributed by atoms with Crippen molar-refractivity contribution in [1.82, 2.24) is 14.9 Å². The topological polar surface area (TPSA) is 119 Å². The Hall–Kier alpha value is -4.36. The Morgan fingerprint density at radius 1 is 0.889 bits per heavy atom. The predicted molar refractivity (Wildman–Crippen MR) is 135 cm³/mol. The highest BCUT2D eigenvalue weighted by Gasteiger charge is 2.42. The fraction of sp³-hybridized carbons (Fsp3) is 0.115. The molecular weight excluding hydrogens is 481 g/mol. The Balaban J connectivity index is 1.72. The second-order valence-electron chi connectivity index (χ2n) is 7.93. The minimum Gasteiger partial charge on any atom is -0.414 e. The number of para-hydroxylation sites is 2. The van der Waals surface area contributed by atoms with Gasteiger partial charge in [-0.05, 0) is 36.8 Å². The molecule has 3 aromatic carbocycles. The molecule has 1 atom stereocenters. The number of aromatic amines is 1. The van der Waals surface area contributed by atoms with Gasteiger partial charge in [0.1, 0.15) is 18.0 Å². The van der Waals surface area contributed by atoms with E-state index in [4.69, 9.17) is 9.05 Å². The van der Waals surface area contributed by atoms with Gasteiger partial charge in [0.15, 0.2) is 5.78 Å². The lowest BCUT2D eigenvalue weighted by molar-refractivity contribution is -0.122. The van der Waals surface area contributed by atoms with Crippen LogP contribution in [-0.2, 0) is 15.9 Å². The van der Waals surface area contributed by atoms with Crippen molar-refractivity contribution in [3.05, 3.63) is 129 Å². The number of nitrogens with zero attached hydrogens (tertiary/aromatic N) is 1. The highest BCUT2D eigenvalue weighted by molar-refractivity contribution is 7.55. The lowest BCUT2D eigenvalue weighted by Gasteiger charge is -2.28. The second kappa shape index (κ2) is 10.9. The maximum absolute atomic E-state index is 14.4. The van der Waals surface area contributed by atoms with Crippen molar-refractivity contribution in [2.24, 2.45) is 0 Å². The second-order valence-corrected chi connectivity index (χ2v) is 9.89. The standard InChI is InChI=1S/C26H24N3O6P/c1-19-17-29(26(32)28-24(19)31)18-23(30)27-25(20-11-5-2-6-12-20)36(33,34-21-13-7-3-8-14-21)35-22-15-9-4-10-16-22/h2-17,25H,18H2,1H3,(H,27,30)(H,28,31,32)/t25-/m0/s1. The predicted octanol–water partition coefficient (Wildman–Crippen LogP) is 4.01. The number of H-pyrrole nitrogens is 1. The van der Waals surface area contributed by atoms with Crippen LogP contribution in [0.15, 0.2) is 107 Å². The van der Waals surface area contributed by atoms with E-state index >= 15 is 0 Å². The quantitative estimate of drug-likeness (QED) is 0.332. The molecule has 0 fully saturated rings. The highest BCUT2D eigenvalue weighted by atomic mass is 31.2. The van der Waals surface area contributed by atoms with Crippen molar-refractivity contribution >= 4 is 13.5 Å². The molecule has 0 bridgehead atoms. The monoisotopic (exact) mass is 505 g/mol. The summed E-state index contributed by atoms with van der Waals surface area (Å²) in [7, 11) is -4.16. The van der Waals surface area contributed by atoms with Crippen LogP contribution < -0.4 is 25.6 Å². The van der Waals surface area contributed by atoms with E-state index in [-0.39, 0.29) is 5.56 Å². The molecule has 1 heterocycles. The van der Waals surface area contributed by atoms with E-state index < -0.39 is 37.1 Å². The molecule has 0 aliphatic rings. The fourth-order valence-electron chi connectivity index (χ4n) is 3.45. The Morgan fingerprint density at radius 2 is 1.39 bits per heavy atom. The molecule has 4 aromatic rings. The van der Waals surface area contributed by atoms with E-state index in [2.05, 4.69) is 10.3 Å². The summed E-state index contributed by atoms with van der Waals surface area (Å²) >= 11 is 0. The number of nitrogens with one attached hydrogen (secondary N) is 2. The molecule has 1 aromatic heterocycles. The summed E-state index contributed by atoms with van der Waals surface area (Å²) < 4.78 is 27.4. The molecule has 184 valence electrons. The summed E-state index contributed by atoms with van der Waals surface area (Å²) in [5.74, 6) is -1.27. The third-order valence-corrected chi connectivity index (χ3v) is 7.17. The van der Waals surface area contributed by atoms with Crippen molar-refractivity contribution in [2.75, 3.05) is 0 Å². The van der Waals surface area contributed by atoms with Crippen LogP contribution in [0.4, 0.5) is 0 Å². The molecule has 0 aliphatic heterocycles. The smallest absolute Gasteiger partial charge is 0.414 e. The van der Waals surface area contributed by atoms with Crippen molar-refractivity contribution in [3.8, 4) is 11.5 Å². The zero-order valence-electron chi connectivity index (χ0n) is 19.4. The first-order chi connectivity index (χ1) is 17.3. The maximum Gasteiger partial charge on any atom is 0.457 e. The van der Waals surface area contributed by atoms with Gasteiger partial charge >= 0.3 is 13.3 Å². The van der Waals surface area contributed by atoms with E-state index in [0.717, 1.165) is 4.57 Å². The first-order valence-electron chi connectivity index (χ1n) is 11.1. The van der Waals surface area contributed by atoms with Crippen molar-refractivity contribution in [3.63, 3.8) is 0 Å². The van der Waals surface area contributed by atoms with E-state index in [0.29, 0.717) is 17.1 Å². The first-order valence-corrected chi connectivity index (χ1v) is 12.7. The minimum absolute atomic E-state index is 0.271. The molecule has 0 saturated heterocycles. The number of hydrogen-bond donors (Lipinski definition) is 2. The highest BCUT2D eigenvalue weighted by Crippen LogP contribution is 2.58. The molecule has 0 radical (unpaired) electrons. The average Bonchev–Trinajstić information content (AvgIpc) is 2.87. The molecule has 0 unspecified atom stereocenters. The van der Waals surface area contributed by atoms with Crippen LogP contribution in [0.1, 0.15) is 16.9 Å². The SMILES string of the molecule is Cc1cn(CC(=O)N[C@H](c2ccccc2)P(=O)(Oc2ccccc2)Oc2ccccc2)c(=O)[nH]c1=O. The zero-order chi connectivity index (χ0) is 25.5. The van der Waals surface area contributed by atoms with Gasteiger partial charge in [-0.25, -0.2) is 9.36 Å². The minimum atomic E-state index is -4.16. The summed E-state index contributed by atoms with van der Waals surface area (Å²) in [4.78, 5) is 39.1. The Bertz CT molecular complexity index is 1440. The number of amides is 1. The molecular formula is C26H24N3O6P. The molecule has 10 heteroatoms. The average molecular weight is 505 g/mol. The lowest BCUT2D eigenvalue weighted by atomic mass is 10.2. The van der Waals surface area contributed by atoms with E-state index in [9.17, 15) is 18.9 Å². The zero-order valence-corrected chi connectivity index (χ0v) is 20.3. The van der Waals surface area contributed by atoms with Gasteiger partial charge in [0, 0.05) is 11.8 Å². The maximum atomic E-state index is 14.4. The van der Waals surface area contributed by atoms with Gasteiger partial charge in [-0.15, -0.1) is 0 Å². The normalized spacial score (nSPS) is 11.9. The van der Waals surface area contributed by atoms with Crippen LogP contribution in [0.3, 0.4) is 0 Å². The third-order valence-electron chi connectivity index (χ3n) is 5.18.